The van der Waals surface area contributed by atoms with E-state index in [1.165, 1.54) is 4.90 Å². The fourth-order valence-corrected chi connectivity index (χ4v) is 4.61. The average Bonchev–Trinajstić information content (AvgIpc) is 2.55. The van der Waals surface area contributed by atoms with Crippen LogP contribution in [0.2, 0.25) is 0 Å². The molecule has 0 saturated carbocycles. The first kappa shape index (κ1) is 19.4. The van der Waals surface area contributed by atoms with E-state index >= 15 is 0 Å². The Morgan fingerprint density at radius 3 is 2.91 bits per heavy atom. The SMILES string of the molecule is CCCSS/C(CCO)=C(/C)N(C=O)C(Cl)c1cccnc1. The molecule has 0 aliphatic heterocycles. The molecule has 1 N–H and O–H groups in total. The van der Waals surface area contributed by atoms with Crippen LogP contribution >= 0.6 is 33.2 Å². The molecule has 0 aliphatic carbocycles. The number of aromatic nitrogens is 1. The summed E-state index contributed by atoms with van der Waals surface area (Å²) in [7, 11) is 3.31. The number of allylic oxidation sites excluding steroid dienone is 1. The maximum absolute atomic E-state index is 11.5. The van der Waals surface area contributed by atoms with Crippen molar-refractivity contribution in [3.8, 4) is 0 Å². The van der Waals surface area contributed by atoms with E-state index in [4.69, 9.17) is 11.6 Å². The number of nitrogens with zero attached hydrogens (tertiary/aromatic N) is 2. The Balaban J connectivity index is 2.96. The Labute approximate surface area is 144 Å². The van der Waals surface area contributed by atoms with Crippen LogP contribution < -0.4 is 0 Å². The number of hydrogen-bond donors (Lipinski definition) is 1. The van der Waals surface area contributed by atoms with Crippen molar-refractivity contribution in [2.45, 2.75) is 32.2 Å². The third kappa shape index (κ3) is 5.83. The molecule has 0 spiro atoms. The minimum Gasteiger partial charge on any atom is -0.396 e. The molecule has 122 valence electrons. The standard InChI is InChI=1S/C15H21ClN2O2S2/c1-3-9-21-22-14(6-8-19)12(2)18(11-20)15(16)13-5-4-7-17-10-13/h4-5,7,10-11,15,19H,3,6,8-9H2,1-2H3/b14-12-. The fourth-order valence-electron chi connectivity index (χ4n) is 1.70. The summed E-state index contributed by atoms with van der Waals surface area (Å²) in [6.45, 7) is 4.01. The van der Waals surface area contributed by atoms with Gasteiger partial charge in [-0.15, -0.1) is 0 Å². The minimum atomic E-state index is -0.614. The van der Waals surface area contributed by atoms with E-state index in [1.54, 1.807) is 40.0 Å². The van der Waals surface area contributed by atoms with Crippen molar-refractivity contribution in [3.05, 3.63) is 40.7 Å². The molecule has 22 heavy (non-hydrogen) atoms. The molecule has 0 radical (unpaired) electrons. The molecule has 1 atom stereocenters. The Morgan fingerprint density at radius 2 is 2.36 bits per heavy atom. The number of aliphatic hydroxyl groups is 1. The number of halogens is 1. The summed E-state index contributed by atoms with van der Waals surface area (Å²) in [5.74, 6) is 1.01. The summed E-state index contributed by atoms with van der Waals surface area (Å²) in [5, 5.41) is 9.25. The van der Waals surface area contributed by atoms with Crippen LogP contribution in [0.15, 0.2) is 35.1 Å². The molecule has 1 amide bonds. The van der Waals surface area contributed by atoms with Crippen LogP contribution in [0.3, 0.4) is 0 Å². The molecular formula is C15H21ClN2O2S2. The number of hydrogen-bond acceptors (Lipinski definition) is 5. The van der Waals surface area contributed by atoms with E-state index in [-0.39, 0.29) is 6.61 Å². The third-order valence-corrected chi connectivity index (χ3v) is 6.21. The molecule has 0 aromatic carbocycles. The molecule has 0 saturated heterocycles. The highest BCUT2D eigenvalue weighted by Gasteiger charge is 2.20. The van der Waals surface area contributed by atoms with Gasteiger partial charge in [0, 0.05) is 47.3 Å². The first-order valence-corrected chi connectivity index (χ1v) is 9.78. The lowest BCUT2D eigenvalue weighted by atomic mass is 10.2. The number of amides is 1. The van der Waals surface area contributed by atoms with E-state index in [0.717, 1.165) is 34.7 Å². The van der Waals surface area contributed by atoms with Gasteiger partial charge < -0.3 is 5.11 Å². The fraction of sp³-hybridized carbons (Fsp3) is 0.467. The summed E-state index contributed by atoms with van der Waals surface area (Å²) >= 11 is 6.41. The van der Waals surface area contributed by atoms with E-state index in [9.17, 15) is 9.90 Å². The topological polar surface area (TPSA) is 53.4 Å². The third-order valence-electron chi connectivity index (χ3n) is 2.89. The molecule has 1 aromatic heterocycles. The van der Waals surface area contributed by atoms with Gasteiger partial charge in [-0.2, -0.15) is 0 Å². The van der Waals surface area contributed by atoms with Crippen molar-refractivity contribution in [1.82, 2.24) is 9.88 Å². The van der Waals surface area contributed by atoms with E-state index < -0.39 is 5.50 Å². The smallest absolute Gasteiger partial charge is 0.215 e. The number of alkyl halides is 1. The van der Waals surface area contributed by atoms with Crippen molar-refractivity contribution >= 4 is 39.6 Å². The van der Waals surface area contributed by atoms with Crippen LogP contribution in [-0.2, 0) is 4.79 Å². The Morgan fingerprint density at radius 1 is 1.59 bits per heavy atom. The largest absolute Gasteiger partial charge is 0.396 e. The lowest BCUT2D eigenvalue weighted by molar-refractivity contribution is -0.117. The van der Waals surface area contributed by atoms with Crippen molar-refractivity contribution < 1.29 is 9.90 Å². The quantitative estimate of drug-likeness (QED) is 0.223. The van der Waals surface area contributed by atoms with Gasteiger partial charge in [0.1, 0.15) is 5.50 Å². The normalized spacial score (nSPS) is 13.5. The molecule has 1 unspecified atom stereocenters. The zero-order valence-electron chi connectivity index (χ0n) is 12.7. The van der Waals surface area contributed by atoms with Gasteiger partial charge in [-0.3, -0.25) is 14.7 Å². The highest BCUT2D eigenvalue weighted by molar-refractivity contribution is 8.78. The van der Waals surface area contributed by atoms with Gasteiger partial charge in [0.15, 0.2) is 0 Å². The van der Waals surface area contributed by atoms with Gasteiger partial charge in [0.05, 0.1) is 0 Å². The molecule has 0 bridgehead atoms. The van der Waals surface area contributed by atoms with Gasteiger partial charge in [-0.1, -0.05) is 46.2 Å². The van der Waals surface area contributed by atoms with Crippen LogP contribution in [0, 0.1) is 0 Å². The lowest BCUT2D eigenvalue weighted by Crippen LogP contribution is -2.23. The van der Waals surface area contributed by atoms with Gasteiger partial charge in [-0.05, 0) is 19.4 Å². The number of aliphatic hydroxyl groups excluding tert-OH is 1. The minimum absolute atomic E-state index is 0.0406. The van der Waals surface area contributed by atoms with Crippen LogP contribution in [0.1, 0.15) is 37.8 Å². The van der Waals surface area contributed by atoms with Crippen LogP contribution in [0.25, 0.3) is 0 Å². The van der Waals surface area contributed by atoms with Crippen molar-refractivity contribution in [1.29, 1.82) is 0 Å². The predicted octanol–water partition coefficient (Wildman–Crippen LogP) is 4.18. The predicted molar refractivity (Wildman–Crippen MR) is 95.5 cm³/mol. The molecule has 7 heteroatoms. The maximum atomic E-state index is 11.5. The Hall–Kier alpha value is -0.690. The van der Waals surface area contributed by atoms with Crippen LogP contribution in [0.4, 0.5) is 0 Å². The highest BCUT2D eigenvalue weighted by atomic mass is 35.5. The molecule has 0 aliphatic rings. The Bertz CT molecular complexity index is 486. The Kier molecular flexibility index (Phi) is 9.63. The molecule has 4 nitrogen and oxygen atoms in total. The molecular weight excluding hydrogens is 340 g/mol. The van der Waals surface area contributed by atoms with E-state index in [0.29, 0.717) is 6.42 Å². The maximum Gasteiger partial charge on any atom is 0.215 e. The first-order chi connectivity index (χ1) is 10.7. The van der Waals surface area contributed by atoms with Crippen LogP contribution in [-0.4, -0.2) is 33.8 Å². The zero-order valence-corrected chi connectivity index (χ0v) is 15.1. The number of carbonyl (C=O) groups is 1. The van der Waals surface area contributed by atoms with Crippen LogP contribution in [0.5, 0.6) is 0 Å². The van der Waals surface area contributed by atoms with Crippen molar-refractivity contribution in [2.24, 2.45) is 0 Å². The number of pyridine rings is 1. The number of carbonyl (C=O) groups excluding carboxylic acids is 1. The van der Waals surface area contributed by atoms with Gasteiger partial charge in [0.25, 0.3) is 0 Å². The summed E-state index contributed by atoms with van der Waals surface area (Å²) in [5.41, 5.74) is 0.906. The first-order valence-electron chi connectivity index (χ1n) is 7.03. The van der Waals surface area contributed by atoms with E-state index in [1.807, 2.05) is 13.0 Å². The summed E-state index contributed by atoms with van der Waals surface area (Å²) in [6.07, 6.45) is 5.62. The van der Waals surface area contributed by atoms with Crippen molar-refractivity contribution in [3.63, 3.8) is 0 Å². The summed E-state index contributed by atoms with van der Waals surface area (Å²) in [4.78, 5) is 18.0. The summed E-state index contributed by atoms with van der Waals surface area (Å²) < 4.78 is 0. The highest BCUT2D eigenvalue weighted by Crippen LogP contribution is 2.37. The van der Waals surface area contributed by atoms with Gasteiger partial charge >= 0.3 is 0 Å². The molecule has 0 fully saturated rings. The molecule has 1 rings (SSSR count). The van der Waals surface area contributed by atoms with Gasteiger partial charge in [-0.25, -0.2) is 0 Å². The van der Waals surface area contributed by atoms with Gasteiger partial charge in [0.2, 0.25) is 6.41 Å². The molecule has 1 heterocycles. The van der Waals surface area contributed by atoms with E-state index in [2.05, 4.69) is 11.9 Å². The second-order valence-electron chi connectivity index (χ2n) is 4.52. The lowest BCUT2D eigenvalue weighted by Gasteiger charge is -2.26. The summed E-state index contributed by atoms with van der Waals surface area (Å²) in [6, 6.07) is 3.62. The average molecular weight is 361 g/mol. The van der Waals surface area contributed by atoms with Crippen molar-refractivity contribution in [2.75, 3.05) is 12.4 Å². The second-order valence-corrected chi connectivity index (χ2v) is 7.45. The molecule has 1 aromatic rings. The number of rotatable bonds is 10. The zero-order chi connectivity index (χ0) is 16.4. The monoisotopic (exact) mass is 360 g/mol. The second kappa shape index (κ2) is 10.9.